The van der Waals surface area contributed by atoms with E-state index >= 15 is 0 Å². The molecule has 0 heterocycles. The van der Waals surface area contributed by atoms with Crippen molar-refractivity contribution in [1.29, 1.82) is 0 Å². The SMILES string of the molecule is COC(=O)C1CCC(CC(=O)C2CCC(N)C2)C1. The summed E-state index contributed by atoms with van der Waals surface area (Å²) >= 11 is 0. The third-order valence-corrected chi connectivity index (χ3v) is 4.49. The highest BCUT2D eigenvalue weighted by atomic mass is 16.5. The molecule has 4 heteroatoms. The molecule has 2 saturated carbocycles. The van der Waals surface area contributed by atoms with Crippen LogP contribution in [0.2, 0.25) is 0 Å². The zero-order chi connectivity index (χ0) is 13.1. The second-order valence-corrected chi connectivity index (χ2v) is 5.84. The Balaban J connectivity index is 1.77. The average Bonchev–Trinajstić information content (AvgIpc) is 2.97. The Hall–Kier alpha value is -0.900. The summed E-state index contributed by atoms with van der Waals surface area (Å²) in [7, 11) is 1.43. The summed E-state index contributed by atoms with van der Waals surface area (Å²) in [5.41, 5.74) is 5.84. The lowest BCUT2D eigenvalue weighted by Crippen LogP contribution is -2.19. The van der Waals surface area contributed by atoms with Crippen molar-refractivity contribution in [2.24, 2.45) is 23.5 Å². The second-order valence-electron chi connectivity index (χ2n) is 5.84. The van der Waals surface area contributed by atoms with E-state index < -0.39 is 0 Å². The number of hydrogen-bond donors (Lipinski definition) is 1. The Labute approximate surface area is 108 Å². The van der Waals surface area contributed by atoms with Crippen LogP contribution in [0.3, 0.4) is 0 Å². The van der Waals surface area contributed by atoms with Crippen molar-refractivity contribution in [2.45, 2.75) is 51.0 Å². The maximum atomic E-state index is 12.1. The zero-order valence-corrected chi connectivity index (χ0v) is 11.1. The number of esters is 1. The molecule has 102 valence electrons. The standard InChI is InChI=1S/C14H23NO3/c1-18-14(17)11-3-2-9(6-11)7-13(16)10-4-5-12(15)8-10/h9-12H,2-8,15H2,1H3. The van der Waals surface area contributed by atoms with Crippen LogP contribution in [0.4, 0.5) is 0 Å². The average molecular weight is 253 g/mol. The summed E-state index contributed by atoms with van der Waals surface area (Å²) in [5, 5.41) is 0. The Kier molecular flexibility index (Phi) is 4.38. The van der Waals surface area contributed by atoms with E-state index in [4.69, 9.17) is 10.5 Å². The summed E-state index contributed by atoms with van der Waals surface area (Å²) < 4.78 is 4.76. The predicted octanol–water partition coefficient (Wildman–Crippen LogP) is 1.66. The summed E-state index contributed by atoms with van der Waals surface area (Å²) in [5.74, 6) is 0.806. The number of carbonyl (C=O) groups excluding carboxylic acids is 2. The van der Waals surface area contributed by atoms with E-state index in [0.29, 0.717) is 18.1 Å². The van der Waals surface area contributed by atoms with Crippen LogP contribution in [-0.2, 0) is 14.3 Å². The van der Waals surface area contributed by atoms with Crippen LogP contribution in [0.5, 0.6) is 0 Å². The largest absolute Gasteiger partial charge is 0.469 e. The highest BCUT2D eigenvalue weighted by Crippen LogP contribution is 2.36. The van der Waals surface area contributed by atoms with Gasteiger partial charge in [-0.3, -0.25) is 9.59 Å². The summed E-state index contributed by atoms with van der Waals surface area (Å²) in [6.45, 7) is 0. The fourth-order valence-corrected chi connectivity index (χ4v) is 3.40. The van der Waals surface area contributed by atoms with E-state index in [0.717, 1.165) is 38.5 Å². The molecule has 18 heavy (non-hydrogen) atoms. The Morgan fingerprint density at radius 1 is 1.11 bits per heavy atom. The molecular formula is C14H23NO3. The van der Waals surface area contributed by atoms with Crippen molar-refractivity contribution in [3.8, 4) is 0 Å². The highest BCUT2D eigenvalue weighted by Gasteiger charge is 2.34. The van der Waals surface area contributed by atoms with Gasteiger partial charge in [0.15, 0.2) is 0 Å². The van der Waals surface area contributed by atoms with Gasteiger partial charge in [-0.1, -0.05) is 0 Å². The second kappa shape index (κ2) is 5.83. The maximum absolute atomic E-state index is 12.1. The summed E-state index contributed by atoms with van der Waals surface area (Å²) in [6.07, 6.45) is 6.08. The number of rotatable bonds is 4. The number of Topliss-reactive ketones (excluding diaryl/α,β-unsaturated/α-hetero) is 1. The van der Waals surface area contributed by atoms with Gasteiger partial charge >= 0.3 is 5.97 Å². The van der Waals surface area contributed by atoms with E-state index in [-0.39, 0.29) is 23.8 Å². The number of ether oxygens (including phenoxy) is 1. The van der Waals surface area contributed by atoms with Gasteiger partial charge in [0.05, 0.1) is 13.0 Å². The smallest absolute Gasteiger partial charge is 0.308 e. The third kappa shape index (κ3) is 3.10. The minimum atomic E-state index is -0.118. The van der Waals surface area contributed by atoms with Crippen LogP contribution < -0.4 is 5.73 Å². The molecule has 4 atom stereocenters. The third-order valence-electron chi connectivity index (χ3n) is 4.49. The number of nitrogens with two attached hydrogens (primary N) is 1. The fraction of sp³-hybridized carbons (Fsp3) is 0.857. The van der Waals surface area contributed by atoms with Crippen molar-refractivity contribution < 1.29 is 14.3 Å². The van der Waals surface area contributed by atoms with Crippen LogP contribution in [0.25, 0.3) is 0 Å². The molecule has 0 aromatic carbocycles. The predicted molar refractivity (Wildman–Crippen MR) is 67.8 cm³/mol. The molecule has 2 fully saturated rings. The quantitative estimate of drug-likeness (QED) is 0.774. The van der Waals surface area contributed by atoms with E-state index in [2.05, 4.69) is 0 Å². The van der Waals surface area contributed by atoms with Crippen LogP contribution >= 0.6 is 0 Å². The first-order chi connectivity index (χ1) is 8.60. The molecule has 0 radical (unpaired) electrons. The lowest BCUT2D eigenvalue weighted by Gasteiger charge is -2.13. The van der Waals surface area contributed by atoms with E-state index in [1.54, 1.807) is 0 Å². The number of ketones is 1. The molecule has 0 aromatic rings. The van der Waals surface area contributed by atoms with Gasteiger partial charge in [0, 0.05) is 18.4 Å². The fourth-order valence-electron chi connectivity index (χ4n) is 3.40. The normalized spacial score (nSPS) is 35.7. The molecule has 0 saturated heterocycles. The van der Waals surface area contributed by atoms with Crippen molar-refractivity contribution in [1.82, 2.24) is 0 Å². The lowest BCUT2D eigenvalue weighted by molar-refractivity contribution is -0.145. The number of methoxy groups -OCH3 is 1. The van der Waals surface area contributed by atoms with Gasteiger partial charge in [-0.25, -0.2) is 0 Å². The van der Waals surface area contributed by atoms with Crippen molar-refractivity contribution in [3.05, 3.63) is 0 Å². The Bertz CT molecular complexity index is 329. The van der Waals surface area contributed by atoms with Crippen LogP contribution in [-0.4, -0.2) is 24.9 Å². The van der Waals surface area contributed by atoms with E-state index in [1.165, 1.54) is 7.11 Å². The molecule has 2 aliphatic carbocycles. The highest BCUT2D eigenvalue weighted by molar-refractivity contribution is 5.81. The molecular weight excluding hydrogens is 230 g/mol. The summed E-state index contributed by atoms with van der Waals surface area (Å²) in [6, 6.07) is 0.213. The molecule has 4 unspecified atom stereocenters. The molecule has 0 aliphatic heterocycles. The molecule has 4 nitrogen and oxygen atoms in total. The molecule has 0 amide bonds. The van der Waals surface area contributed by atoms with Crippen LogP contribution in [0.1, 0.15) is 44.9 Å². The lowest BCUT2D eigenvalue weighted by atomic mass is 9.91. The van der Waals surface area contributed by atoms with Crippen LogP contribution in [0, 0.1) is 17.8 Å². The van der Waals surface area contributed by atoms with Gasteiger partial charge in [0.1, 0.15) is 5.78 Å². The molecule has 0 spiro atoms. The molecule has 2 aliphatic rings. The molecule has 2 N–H and O–H groups in total. The topological polar surface area (TPSA) is 69.4 Å². The van der Waals surface area contributed by atoms with Crippen LogP contribution in [0.15, 0.2) is 0 Å². The Morgan fingerprint density at radius 2 is 1.83 bits per heavy atom. The first kappa shape index (κ1) is 13.5. The van der Waals surface area contributed by atoms with Crippen molar-refractivity contribution in [2.75, 3.05) is 7.11 Å². The summed E-state index contributed by atoms with van der Waals surface area (Å²) in [4.78, 5) is 23.5. The minimum Gasteiger partial charge on any atom is -0.469 e. The zero-order valence-electron chi connectivity index (χ0n) is 11.1. The first-order valence-electron chi connectivity index (χ1n) is 6.96. The van der Waals surface area contributed by atoms with E-state index in [1.807, 2.05) is 0 Å². The van der Waals surface area contributed by atoms with Gasteiger partial charge in [-0.15, -0.1) is 0 Å². The van der Waals surface area contributed by atoms with E-state index in [9.17, 15) is 9.59 Å². The molecule has 2 rings (SSSR count). The van der Waals surface area contributed by atoms with Gasteiger partial charge in [0.2, 0.25) is 0 Å². The number of carbonyl (C=O) groups is 2. The monoisotopic (exact) mass is 253 g/mol. The Morgan fingerprint density at radius 3 is 2.44 bits per heavy atom. The van der Waals surface area contributed by atoms with Crippen molar-refractivity contribution in [3.63, 3.8) is 0 Å². The number of hydrogen-bond acceptors (Lipinski definition) is 4. The van der Waals surface area contributed by atoms with Gasteiger partial charge in [-0.2, -0.15) is 0 Å². The minimum absolute atomic E-state index is 0.0126. The maximum Gasteiger partial charge on any atom is 0.308 e. The first-order valence-corrected chi connectivity index (χ1v) is 6.96. The van der Waals surface area contributed by atoms with Crippen molar-refractivity contribution >= 4 is 11.8 Å². The molecule has 0 bridgehead atoms. The molecule has 0 aromatic heterocycles. The van der Waals surface area contributed by atoms with Gasteiger partial charge in [0.25, 0.3) is 0 Å². The van der Waals surface area contributed by atoms with Gasteiger partial charge < -0.3 is 10.5 Å². The van der Waals surface area contributed by atoms with Gasteiger partial charge in [-0.05, 0) is 44.4 Å².